The van der Waals surface area contributed by atoms with Gasteiger partial charge in [0, 0.05) is 14.2 Å². The fourth-order valence-electron chi connectivity index (χ4n) is 1.46. The molecular weight excluding hydrogens is 328 g/mol. The van der Waals surface area contributed by atoms with Gasteiger partial charge >= 0.3 is 0 Å². The maximum Gasteiger partial charge on any atom is 0.134 e. The lowest BCUT2D eigenvalue weighted by Gasteiger charge is -2.08. The summed E-state index contributed by atoms with van der Waals surface area (Å²) in [6, 6.07) is 4.04. The fourth-order valence-corrected chi connectivity index (χ4v) is 4.89. The molecule has 0 aliphatic carbocycles. The zero-order valence-electron chi connectivity index (χ0n) is 8.79. The van der Waals surface area contributed by atoms with Crippen LogP contribution in [0.4, 0.5) is 0 Å². The molecule has 0 aliphatic heterocycles. The van der Waals surface area contributed by atoms with Crippen molar-refractivity contribution in [2.75, 3.05) is 7.11 Å². The highest BCUT2D eigenvalue weighted by Crippen LogP contribution is 2.44. The normalized spacial score (nSPS) is 12.8. The number of hydrogen-bond donors (Lipinski definition) is 0. The molecule has 1 atom stereocenters. The van der Waals surface area contributed by atoms with Crippen LogP contribution in [0.15, 0.2) is 22.0 Å². The van der Waals surface area contributed by atoms with E-state index in [4.69, 9.17) is 16.3 Å². The predicted octanol–water partition coefficient (Wildman–Crippen LogP) is 5.22. The van der Waals surface area contributed by atoms with Crippen molar-refractivity contribution in [1.82, 2.24) is 0 Å². The molecule has 1 nitrogen and oxygen atoms in total. The number of methoxy groups -OCH3 is 1. The smallest absolute Gasteiger partial charge is 0.134 e. The largest absolute Gasteiger partial charge is 0.496 e. The van der Waals surface area contributed by atoms with Crippen molar-refractivity contribution < 1.29 is 4.74 Å². The van der Waals surface area contributed by atoms with Crippen LogP contribution in [0.25, 0.3) is 0 Å². The number of halogens is 2. The lowest BCUT2D eigenvalue weighted by atomic mass is 10.2. The van der Waals surface area contributed by atoms with Gasteiger partial charge in [-0.25, -0.2) is 0 Å². The van der Waals surface area contributed by atoms with E-state index in [9.17, 15) is 0 Å². The van der Waals surface area contributed by atoms with Crippen LogP contribution in [0.3, 0.4) is 0 Å². The van der Waals surface area contributed by atoms with Gasteiger partial charge in [0.15, 0.2) is 0 Å². The minimum atomic E-state index is -0.136. The summed E-state index contributed by atoms with van der Waals surface area (Å²) in [5, 5.41) is 1.86. The topological polar surface area (TPSA) is 9.23 Å². The van der Waals surface area contributed by atoms with E-state index in [1.807, 2.05) is 11.4 Å². The van der Waals surface area contributed by atoms with Crippen LogP contribution in [-0.2, 0) is 0 Å². The first-order valence-electron chi connectivity index (χ1n) is 4.64. The number of rotatable bonds is 3. The zero-order valence-corrected chi connectivity index (χ0v) is 12.8. The molecule has 0 N–H and O–H groups in total. The third kappa shape index (κ3) is 2.30. The highest BCUT2D eigenvalue weighted by atomic mass is 79.9. The Labute approximate surface area is 116 Å². The first kappa shape index (κ1) is 12.4. The Morgan fingerprint density at radius 2 is 2.19 bits per heavy atom. The van der Waals surface area contributed by atoms with E-state index in [1.165, 1.54) is 4.88 Å². The van der Waals surface area contributed by atoms with Crippen molar-refractivity contribution in [1.29, 1.82) is 0 Å². The van der Waals surface area contributed by atoms with Gasteiger partial charge < -0.3 is 4.74 Å². The van der Waals surface area contributed by atoms with E-state index < -0.39 is 0 Å². The third-order valence-corrected chi connectivity index (χ3v) is 5.87. The number of alkyl halides is 1. The molecule has 0 saturated carbocycles. The molecule has 5 heteroatoms. The molecule has 16 heavy (non-hydrogen) atoms. The van der Waals surface area contributed by atoms with E-state index in [0.717, 1.165) is 20.0 Å². The maximum absolute atomic E-state index is 6.49. The van der Waals surface area contributed by atoms with Crippen LogP contribution in [0.5, 0.6) is 5.75 Å². The number of aryl methyl sites for hydroxylation is 1. The molecule has 2 heterocycles. The summed E-state index contributed by atoms with van der Waals surface area (Å²) in [4.78, 5) is 3.45. The van der Waals surface area contributed by atoms with Crippen LogP contribution in [0.1, 0.15) is 20.0 Å². The van der Waals surface area contributed by atoms with Crippen molar-refractivity contribution in [3.05, 3.63) is 36.6 Å². The monoisotopic (exact) mass is 336 g/mol. The Bertz CT molecular complexity index is 492. The Morgan fingerprint density at radius 1 is 1.44 bits per heavy atom. The summed E-state index contributed by atoms with van der Waals surface area (Å²) in [6.07, 6.45) is 0. The zero-order chi connectivity index (χ0) is 11.7. The molecule has 0 saturated heterocycles. The Kier molecular flexibility index (Phi) is 3.95. The number of hydrogen-bond acceptors (Lipinski definition) is 3. The Hall–Kier alpha value is -0.0300. The average Bonchev–Trinajstić information content (AvgIpc) is 2.83. The number of ether oxygens (including phenoxy) is 1. The molecule has 0 spiro atoms. The molecule has 2 aromatic rings. The summed E-state index contributed by atoms with van der Waals surface area (Å²) < 4.78 is 6.36. The Balaban J connectivity index is 2.38. The second kappa shape index (κ2) is 5.08. The second-order valence-electron chi connectivity index (χ2n) is 3.29. The van der Waals surface area contributed by atoms with E-state index in [-0.39, 0.29) is 5.38 Å². The summed E-state index contributed by atoms with van der Waals surface area (Å²) in [5.41, 5.74) is 0. The minimum Gasteiger partial charge on any atom is -0.496 e. The van der Waals surface area contributed by atoms with Gasteiger partial charge in [0.2, 0.25) is 0 Å². The van der Waals surface area contributed by atoms with Gasteiger partial charge in [-0.2, -0.15) is 0 Å². The van der Waals surface area contributed by atoms with Crippen molar-refractivity contribution in [3.63, 3.8) is 0 Å². The average molecular weight is 338 g/mol. The molecular formula is C11H10BrClOS2. The van der Waals surface area contributed by atoms with Gasteiger partial charge in [-0.1, -0.05) is 0 Å². The molecule has 0 fully saturated rings. The third-order valence-electron chi connectivity index (χ3n) is 2.17. The van der Waals surface area contributed by atoms with E-state index in [1.54, 1.807) is 29.8 Å². The SMILES string of the molecule is COc1ccsc1C(Cl)c1sc(C)cc1Br. The lowest BCUT2D eigenvalue weighted by Crippen LogP contribution is -1.91. The number of thiophene rings is 2. The van der Waals surface area contributed by atoms with E-state index >= 15 is 0 Å². The standard InChI is InChI=1S/C11H10BrClOS2/c1-6-5-7(12)10(16-6)9(13)11-8(14-2)3-4-15-11/h3-5,9H,1-2H3. The molecule has 2 rings (SSSR count). The minimum absolute atomic E-state index is 0.136. The molecule has 0 aromatic carbocycles. The summed E-state index contributed by atoms with van der Waals surface area (Å²) in [7, 11) is 1.67. The van der Waals surface area contributed by atoms with Crippen LogP contribution < -0.4 is 4.74 Å². The highest BCUT2D eigenvalue weighted by Gasteiger charge is 2.21. The van der Waals surface area contributed by atoms with Gasteiger partial charge in [-0.15, -0.1) is 34.3 Å². The predicted molar refractivity (Wildman–Crippen MR) is 75.3 cm³/mol. The van der Waals surface area contributed by atoms with E-state index in [0.29, 0.717) is 0 Å². The Morgan fingerprint density at radius 3 is 2.75 bits per heavy atom. The molecule has 2 aromatic heterocycles. The molecule has 1 unspecified atom stereocenters. The van der Waals surface area contributed by atoms with Gasteiger partial charge in [0.05, 0.1) is 12.0 Å². The van der Waals surface area contributed by atoms with Crippen molar-refractivity contribution >= 4 is 50.2 Å². The quantitative estimate of drug-likeness (QED) is 0.698. The highest BCUT2D eigenvalue weighted by molar-refractivity contribution is 9.10. The van der Waals surface area contributed by atoms with E-state index in [2.05, 4.69) is 28.9 Å². The summed E-state index contributed by atoms with van der Waals surface area (Å²) in [5.74, 6) is 0.864. The van der Waals surface area contributed by atoms with Gasteiger partial charge in [-0.3, -0.25) is 0 Å². The molecule has 86 valence electrons. The van der Waals surface area contributed by atoms with Crippen molar-refractivity contribution in [2.24, 2.45) is 0 Å². The molecule has 0 amide bonds. The van der Waals surface area contributed by atoms with Crippen LogP contribution in [-0.4, -0.2) is 7.11 Å². The van der Waals surface area contributed by atoms with Crippen LogP contribution in [0.2, 0.25) is 0 Å². The van der Waals surface area contributed by atoms with Crippen molar-refractivity contribution in [3.8, 4) is 5.75 Å². The maximum atomic E-state index is 6.49. The molecule has 0 aliphatic rings. The first-order valence-corrected chi connectivity index (χ1v) is 7.57. The summed E-state index contributed by atoms with van der Waals surface area (Å²) >= 11 is 13.4. The first-order chi connectivity index (χ1) is 7.63. The van der Waals surface area contributed by atoms with Gasteiger partial charge in [0.1, 0.15) is 11.1 Å². The van der Waals surface area contributed by atoms with Gasteiger partial charge in [-0.05, 0) is 40.4 Å². The van der Waals surface area contributed by atoms with Crippen LogP contribution >= 0.6 is 50.2 Å². The second-order valence-corrected chi connectivity index (χ2v) is 6.81. The molecule has 0 radical (unpaired) electrons. The lowest BCUT2D eigenvalue weighted by molar-refractivity contribution is 0.413. The summed E-state index contributed by atoms with van der Waals surface area (Å²) in [6.45, 7) is 2.08. The molecule has 0 bridgehead atoms. The van der Waals surface area contributed by atoms with Crippen molar-refractivity contribution in [2.45, 2.75) is 12.3 Å². The van der Waals surface area contributed by atoms with Crippen LogP contribution in [0, 0.1) is 6.92 Å². The fraction of sp³-hybridized carbons (Fsp3) is 0.273. The van der Waals surface area contributed by atoms with Gasteiger partial charge in [0.25, 0.3) is 0 Å².